The molecule has 0 fully saturated rings. The molecule has 2 aromatic rings. The van der Waals surface area contributed by atoms with Crippen molar-refractivity contribution in [1.29, 1.82) is 0 Å². The van der Waals surface area contributed by atoms with E-state index in [0.29, 0.717) is 0 Å². The zero-order valence-electron chi connectivity index (χ0n) is 8.22. The zero-order chi connectivity index (χ0) is 10.5. The molecule has 0 saturated carbocycles. The molecule has 0 aliphatic carbocycles. The molecule has 0 aliphatic rings. The fourth-order valence-corrected chi connectivity index (χ4v) is 2.27. The maximum atomic E-state index is 9.14. The van der Waals surface area contributed by atoms with Gasteiger partial charge < -0.3 is 9.52 Å². The molecule has 1 aromatic heterocycles. The summed E-state index contributed by atoms with van der Waals surface area (Å²) in [6.07, 6.45) is 1.67. The number of benzene rings is 1. The van der Waals surface area contributed by atoms with Crippen molar-refractivity contribution in [2.24, 2.45) is 0 Å². The van der Waals surface area contributed by atoms with Crippen molar-refractivity contribution < 1.29 is 9.52 Å². The lowest BCUT2D eigenvalue weighted by molar-refractivity contribution is 0.279. The van der Waals surface area contributed by atoms with Gasteiger partial charge in [0.05, 0.1) is 18.6 Å². The molecule has 78 valence electrons. The van der Waals surface area contributed by atoms with Gasteiger partial charge in [0.25, 0.3) is 0 Å². The molecule has 3 heteroatoms. The predicted molar refractivity (Wildman–Crippen MR) is 60.6 cm³/mol. The van der Waals surface area contributed by atoms with Gasteiger partial charge in [0, 0.05) is 4.90 Å². The van der Waals surface area contributed by atoms with E-state index in [1.165, 1.54) is 0 Å². The lowest BCUT2D eigenvalue weighted by Crippen LogP contribution is -1.86. The van der Waals surface area contributed by atoms with Gasteiger partial charge in [-0.2, -0.15) is 0 Å². The number of thioether (sulfide) groups is 1. The molecule has 0 bridgehead atoms. The summed E-state index contributed by atoms with van der Waals surface area (Å²) in [5, 5.41) is 9.14. The van der Waals surface area contributed by atoms with Crippen LogP contribution < -0.4 is 0 Å². The van der Waals surface area contributed by atoms with Gasteiger partial charge in [-0.05, 0) is 23.8 Å². The number of hydrogen-bond donors (Lipinski definition) is 1. The van der Waals surface area contributed by atoms with E-state index in [2.05, 4.69) is 0 Å². The molecular weight excluding hydrogens is 208 g/mol. The van der Waals surface area contributed by atoms with E-state index in [9.17, 15) is 0 Å². The van der Waals surface area contributed by atoms with Crippen LogP contribution in [0.15, 0.2) is 52.0 Å². The van der Waals surface area contributed by atoms with E-state index in [1.54, 1.807) is 18.0 Å². The van der Waals surface area contributed by atoms with Crippen LogP contribution in [0.1, 0.15) is 11.3 Å². The third-order valence-corrected chi connectivity index (χ3v) is 3.23. The first-order valence-corrected chi connectivity index (χ1v) is 5.72. The predicted octanol–water partition coefficient (Wildman–Crippen LogP) is 3.06. The lowest BCUT2D eigenvalue weighted by Gasteiger charge is -2.04. The molecular formula is C12H12O2S. The minimum atomic E-state index is 0.0847. The van der Waals surface area contributed by atoms with Crippen molar-refractivity contribution in [3.63, 3.8) is 0 Å². The molecule has 1 N–H and O–H groups in total. The van der Waals surface area contributed by atoms with Gasteiger partial charge in [0.1, 0.15) is 5.76 Å². The van der Waals surface area contributed by atoms with E-state index in [0.717, 1.165) is 22.0 Å². The molecule has 2 rings (SSSR count). The number of aliphatic hydroxyl groups is 1. The summed E-state index contributed by atoms with van der Waals surface area (Å²) in [5.74, 6) is 1.75. The zero-order valence-corrected chi connectivity index (χ0v) is 9.04. The SMILES string of the molecule is OCc1ccccc1SCc1ccco1. The van der Waals surface area contributed by atoms with Crippen LogP contribution in [0.4, 0.5) is 0 Å². The molecule has 0 saturated heterocycles. The van der Waals surface area contributed by atoms with Crippen LogP contribution in [-0.4, -0.2) is 5.11 Å². The summed E-state index contributed by atoms with van der Waals surface area (Å²) in [4.78, 5) is 1.11. The van der Waals surface area contributed by atoms with Crippen molar-refractivity contribution in [3.05, 3.63) is 54.0 Å². The second kappa shape index (κ2) is 5.05. The van der Waals surface area contributed by atoms with Crippen molar-refractivity contribution >= 4 is 11.8 Å². The summed E-state index contributed by atoms with van der Waals surface area (Å²) in [6.45, 7) is 0.0847. The average molecular weight is 220 g/mol. The highest BCUT2D eigenvalue weighted by molar-refractivity contribution is 7.98. The summed E-state index contributed by atoms with van der Waals surface area (Å²) in [5.41, 5.74) is 0.967. The highest BCUT2D eigenvalue weighted by Crippen LogP contribution is 2.26. The molecule has 0 atom stereocenters. The third-order valence-electron chi connectivity index (χ3n) is 2.09. The molecule has 0 unspecified atom stereocenters. The summed E-state index contributed by atoms with van der Waals surface area (Å²) >= 11 is 1.68. The fraction of sp³-hybridized carbons (Fsp3) is 0.167. The number of aliphatic hydroxyl groups excluding tert-OH is 1. The first kappa shape index (κ1) is 10.3. The van der Waals surface area contributed by atoms with Gasteiger partial charge in [0.2, 0.25) is 0 Å². The number of rotatable bonds is 4. The highest BCUT2D eigenvalue weighted by atomic mass is 32.2. The Bertz CT molecular complexity index is 409. The van der Waals surface area contributed by atoms with Crippen LogP contribution in [-0.2, 0) is 12.4 Å². The van der Waals surface area contributed by atoms with Gasteiger partial charge >= 0.3 is 0 Å². The average Bonchev–Trinajstić information content (AvgIpc) is 2.79. The molecule has 1 heterocycles. The van der Waals surface area contributed by atoms with E-state index < -0.39 is 0 Å². The van der Waals surface area contributed by atoms with Crippen LogP contribution >= 0.6 is 11.8 Å². The standard InChI is InChI=1S/C12H12O2S/c13-8-10-4-1-2-6-12(10)15-9-11-5-3-7-14-11/h1-7,13H,8-9H2. The van der Waals surface area contributed by atoms with Crippen molar-refractivity contribution in [2.45, 2.75) is 17.3 Å². The largest absolute Gasteiger partial charge is 0.468 e. The van der Waals surface area contributed by atoms with Crippen LogP contribution in [0.25, 0.3) is 0 Å². The summed E-state index contributed by atoms with van der Waals surface area (Å²) in [7, 11) is 0. The Morgan fingerprint density at radius 2 is 2.00 bits per heavy atom. The minimum Gasteiger partial charge on any atom is -0.468 e. The first-order valence-electron chi connectivity index (χ1n) is 4.74. The van der Waals surface area contributed by atoms with Gasteiger partial charge in [-0.3, -0.25) is 0 Å². The van der Waals surface area contributed by atoms with Gasteiger partial charge in [-0.25, -0.2) is 0 Å². The topological polar surface area (TPSA) is 33.4 Å². The summed E-state index contributed by atoms with van der Waals surface area (Å²) < 4.78 is 5.25. The van der Waals surface area contributed by atoms with Crippen LogP contribution in [0.3, 0.4) is 0 Å². The van der Waals surface area contributed by atoms with Gasteiger partial charge in [-0.1, -0.05) is 18.2 Å². The molecule has 0 aliphatic heterocycles. The van der Waals surface area contributed by atoms with E-state index in [4.69, 9.17) is 9.52 Å². The summed E-state index contributed by atoms with van der Waals surface area (Å²) in [6, 6.07) is 11.7. The number of hydrogen-bond acceptors (Lipinski definition) is 3. The van der Waals surface area contributed by atoms with Crippen LogP contribution in [0.2, 0.25) is 0 Å². The smallest absolute Gasteiger partial charge is 0.113 e. The quantitative estimate of drug-likeness (QED) is 0.804. The molecule has 2 nitrogen and oxygen atoms in total. The maximum Gasteiger partial charge on any atom is 0.113 e. The Labute approximate surface area is 92.9 Å². The Kier molecular flexibility index (Phi) is 3.48. The second-order valence-electron chi connectivity index (χ2n) is 3.13. The monoisotopic (exact) mass is 220 g/mol. The van der Waals surface area contributed by atoms with Crippen molar-refractivity contribution in [3.8, 4) is 0 Å². The Morgan fingerprint density at radius 1 is 1.13 bits per heavy atom. The maximum absolute atomic E-state index is 9.14. The second-order valence-corrected chi connectivity index (χ2v) is 4.15. The van der Waals surface area contributed by atoms with Crippen LogP contribution in [0.5, 0.6) is 0 Å². The molecule has 0 spiro atoms. The van der Waals surface area contributed by atoms with Crippen molar-refractivity contribution in [2.75, 3.05) is 0 Å². The first-order chi connectivity index (χ1) is 7.40. The fourth-order valence-electron chi connectivity index (χ4n) is 1.32. The Hall–Kier alpha value is -1.19. The normalized spacial score (nSPS) is 10.5. The van der Waals surface area contributed by atoms with E-state index in [-0.39, 0.29) is 6.61 Å². The van der Waals surface area contributed by atoms with Crippen molar-refractivity contribution in [1.82, 2.24) is 0 Å². The minimum absolute atomic E-state index is 0.0847. The highest BCUT2D eigenvalue weighted by Gasteiger charge is 2.02. The number of furan rings is 1. The molecule has 15 heavy (non-hydrogen) atoms. The van der Waals surface area contributed by atoms with E-state index >= 15 is 0 Å². The van der Waals surface area contributed by atoms with Crippen LogP contribution in [0, 0.1) is 0 Å². The third kappa shape index (κ3) is 2.64. The molecule has 1 aromatic carbocycles. The molecule has 0 amide bonds. The Balaban J connectivity index is 2.04. The van der Waals surface area contributed by atoms with E-state index in [1.807, 2.05) is 36.4 Å². The molecule has 0 radical (unpaired) electrons. The lowest BCUT2D eigenvalue weighted by atomic mass is 10.2. The van der Waals surface area contributed by atoms with Gasteiger partial charge in [0.15, 0.2) is 0 Å². The Morgan fingerprint density at radius 3 is 2.73 bits per heavy atom. The van der Waals surface area contributed by atoms with Gasteiger partial charge in [-0.15, -0.1) is 11.8 Å².